The van der Waals surface area contributed by atoms with Crippen molar-refractivity contribution in [2.24, 2.45) is 0 Å². The van der Waals surface area contributed by atoms with Gasteiger partial charge < -0.3 is 5.11 Å². The van der Waals surface area contributed by atoms with Crippen molar-refractivity contribution in [1.82, 2.24) is 9.29 Å². The fraction of sp³-hybridized carbons (Fsp3) is 0.571. The average molecular weight is 393 g/mol. The zero-order valence-electron chi connectivity index (χ0n) is 16.5. The molecule has 5 nitrogen and oxygen atoms in total. The molecule has 0 spiro atoms. The molecule has 0 aliphatic rings. The van der Waals surface area contributed by atoms with E-state index in [9.17, 15) is 13.5 Å². The molecular formula is C21H32N2O3S. The maximum Gasteiger partial charge on any atom is 0.244 e. The summed E-state index contributed by atoms with van der Waals surface area (Å²) in [5.41, 5.74) is 0. The van der Waals surface area contributed by atoms with Gasteiger partial charge in [0.05, 0.1) is 11.5 Å². The number of hydrogen-bond acceptors (Lipinski definition) is 4. The van der Waals surface area contributed by atoms with Crippen molar-refractivity contribution in [2.45, 2.75) is 69.7 Å². The molecule has 150 valence electrons. The Hall–Kier alpha value is -1.50. The van der Waals surface area contributed by atoms with Crippen molar-refractivity contribution < 1.29 is 13.5 Å². The summed E-state index contributed by atoms with van der Waals surface area (Å²) in [6.07, 6.45) is 9.83. The Kier molecular flexibility index (Phi) is 8.67. The molecule has 1 aromatic carbocycles. The highest BCUT2D eigenvalue weighted by Crippen LogP contribution is 2.28. The van der Waals surface area contributed by atoms with Gasteiger partial charge in [0.25, 0.3) is 0 Å². The molecule has 1 aromatic heterocycles. The molecule has 1 atom stereocenters. The van der Waals surface area contributed by atoms with Crippen LogP contribution in [0.1, 0.15) is 58.8 Å². The van der Waals surface area contributed by atoms with Gasteiger partial charge in [0.2, 0.25) is 10.0 Å². The first kappa shape index (κ1) is 21.8. The highest BCUT2D eigenvalue weighted by atomic mass is 32.2. The van der Waals surface area contributed by atoms with E-state index in [0.29, 0.717) is 23.2 Å². The van der Waals surface area contributed by atoms with E-state index in [1.165, 1.54) is 4.31 Å². The van der Waals surface area contributed by atoms with Crippen LogP contribution in [0.25, 0.3) is 10.8 Å². The molecule has 0 fully saturated rings. The fourth-order valence-corrected chi connectivity index (χ4v) is 5.30. The molecule has 2 rings (SSSR count). The van der Waals surface area contributed by atoms with Crippen molar-refractivity contribution in [2.75, 3.05) is 13.2 Å². The Morgan fingerprint density at radius 3 is 2.56 bits per heavy atom. The van der Waals surface area contributed by atoms with Crippen LogP contribution in [0, 0.1) is 0 Å². The predicted molar refractivity (Wildman–Crippen MR) is 110 cm³/mol. The number of aromatic nitrogens is 1. The molecule has 0 amide bonds. The van der Waals surface area contributed by atoms with E-state index in [1.54, 1.807) is 30.6 Å². The van der Waals surface area contributed by atoms with Gasteiger partial charge in [0.1, 0.15) is 0 Å². The van der Waals surface area contributed by atoms with Crippen molar-refractivity contribution in [1.29, 1.82) is 0 Å². The van der Waals surface area contributed by atoms with Crippen molar-refractivity contribution in [3.05, 3.63) is 36.7 Å². The lowest BCUT2D eigenvalue weighted by Gasteiger charge is -2.30. The lowest BCUT2D eigenvalue weighted by atomic mass is 10.1. The second-order valence-electron chi connectivity index (χ2n) is 7.01. The third-order valence-corrected chi connectivity index (χ3v) is 6.98. The standard InChI is InChI=1S/C21H32N2O3S/c1-3-5-7-8-15-23(19(17-24)11-6-4-2)27(25,26)21-12-9-10-18-16-22-14-13-20(18)21/h9-10,12-14,16,19,24H,3-8,11,15,17H2,1-2H3. The summed E-state index contributed by atoms with van der Waals surface area (Å²) >= 11 is 0. The quantitative estimate of drug-likeness (QED) is 0.545. The zero-order valence-corrected chi connectivity index (χ0v) is 17.3. The van der Waals surface area contributed by atoms with Crippen LogP contribution in [0.5, 0.6) is 0 Å². The largest absolute Gasteiger partial charge is 0.395 e. The van der Waals surface area contributed by atoms with Crippen LogP contribution in [0.4, 0.5) is 0 Å². The number of aliphatic hydroxyl groups is 1. The topological polar surface area (TPSA) is 70.5 Å². The van der Waals surface area contributed by atoms with E-state index in [2.05, 4.69) is 18.8 Å². The van der Waals surface area contributed by atoms with Gasteiger partial charge in [-0.3, -0.25) is 4.98 Å². The Morgan fingerprint density at radius 2 is 1.85 bits per heavy atom. The summed E-state index contributed by atoms with van der Waals surface area (Å²) in [5, 5.41) is 11.4. The van der Waals surface area contributed by atoms with E-state index in [4.69, 9.17) is 0 Å². The summed E-state index contributed by atoms with van der Waals surface area (Å²) in [6.45, 7) is 4.50. The van der Waals surface area contributed by atoms with E-state index >= 15 is 0 Å². The number of rotatable bonds is 12. The van der Waals surface area contributed by atoms with Gasteiger partial charge in [0.15, 0.2) is 0 Å². The average Bonchev–Trinajstić information content (AvgIpc) is 2.69. The van der Waals surface area contributed by atoms with Crippen LogP contribution in [0.15, 0.2) is 41.6 Å². The molecule has 1 N–H and O–H groups in total. The smallest absolute Gasteiger partial charge is 0.244 e. The molecule has 0 aliphatic carbocycles. The summed E-state index contributed by atoms with van der Waals surface area (Å²) in [4.78, 5) is 4.39. The third-order valence-electron chi connectivity index (χ3n) is 4.97. The molecule has 1 unspecified atom stereocenters. The zero-order chi connectivity index (χ0) is 19.7. The van der Waals surface area contributed by atoms with Crippen LogP contribution < -0.4 is 0 Å². The van der Waals surface area contributed by atoms with Crippen LogP contribution in [0.2, 0.25) is 0 Å². The minimum absolute atomic E-state index is 0.153. The van der Waals surface area contributed by atoms with Crippen LogP contribution in [0.3, 0.4) is 0 Å². The summed E-state index contributed by atoms with van der Waals surface area (Å²) in [7, 11) is -3.71. The normalized spacial score (nSPS) is 13.3. The molecule has 2 aromatic rings. The van der Waals surface area contributed by atoms with Crippen molar-refractivity contribution >= 4 is 20.8 Å². The van der Waals surface area contributed by atoms with Gasteiger partial charge in [-0.15, -0.1) is 0 Å². The molecule has 0 bridgehead atoms. The summed E-state index contributed by atoms with van der Waals surface area (Å²) in [5.74, 6) is 0. The second-order valence-corrected chi connectivity index (χ2v) is 8.87. The van der Waals surface area contributed by atoms with Crippen LogP contribution >= 0.6 is 0 Å². The first-order valence-electron chi connectivity index (χ1n) is 10.0. The van der Waals surface area contributed by atoms with Gasteiger partial charge in [-0.2, -0.15) is 4.31 Å². The molecule has 27 heavy (non-hydrogen) atoms. The molecule has 6 heteroatoms. The maximum atomic E-state index is 13.6. The lowest BCUT2D eigenvalue weighted by molar-refractivity contribution is 0.175. The van der Waals surface area contributed by atoms with E-state index in [-0.39, 0.29) is 12.6 Å². The number of unbranched alkanes of at least 4 members (excludes halogenated alkanes) is 4. The Morgan fingerprint density at radius 1 is 1.07 bits per heavy atom. The molecular weight excluding hydrogens is 360 g/mol. The van der Waals surface area contributed by atoms with Crippen molar-refractivity contribution in [3.8, 4) is 0 Å². The molecule has 1 heterocycles. The highest BCUT2D eigenvalue weighted by Gasteiger charge is 2.31. The minimum atomic E-state index is -3.71. The summed E-state index contributed by atoms with van der Waals surface area (Å²) in [6, 6.07) is 6.65. The van der Waals surface area contributed by atoms with Gasteiger partial charge >= 0.3 is 0 Å². The van der Waals surface area contributed by atoms with Crippen LogP contribution in [-0.2, 0) is 10.0 Å². The number of nitrogens with zero attached hydrogens (tertiary/aromatic N) is 2. The van der Waals surface area contributed by atoms with Gasteiger partial charge in [-0.05, 0) is 25.0 Å². The fourth-order valence-electron chi connectivity index (χ4n) is 3.40. The van der Waals surface area contributed by atoms with E-state index < -0.39 is 10.0 Å². The monoisotopic (exact) mass is 392 g/mol. The molecule has 0 aliphatic heterocycles. The number of pyridine rings is 1. The first-order chi connectivity index (χ1) is 13.1. The number of fused-ring (bicyclic) bond motifs is 1. The van der Waals surface area contributed by atoms with Gasteiger partial charge in [-0.1, -0.05) is 58.1 Å². The number of aliphatic hydroxyl groups excluding tert-OH is 1. The molecule has 0 saturated carbocycles. The lowest BCUT2D eigenvalue weighted by Crippen LogP contribution is -2.43. The minimum Gasteiger partial charge on any atom is -0.395 e. The molecule has 0 radical (unpaired) electrons. The molecule has 0 saturated heterocycles. The van der Waals surface area contributed by atoms with Crippen molar-refractivity contribution in [3.63, 3.8) is 0 Å². The third kappa shape index (κ3) is 5.50. The number of sulfonamides is 1. The SMILES string of the molecule is CCCCCCN(C(CO)CCCC)S(=O)(=O)c1cccc2cnccc12. The number of hydrogen-bond donors (Lipinski definition) is 1. The van der Waals surface area contributed by atoms with Gasteiger partial charge in [-0.25, -0.2) is 8.42 Å². The predicted octanol–water partition coefficient (Wildman–Crippen LogP) is 4.36. The summed E-state index contributed by atoms with van der Waals surface area (Å²) < 4.78 is 28.7. The van der Waals surface area contributed by atoms with E-state index in [1.807, 2.05) is 6.07 Å². The second kappa shape index (κ2) is 10.7. The number of benzene rings is 1. The van der Waals surface area contributed by atoms with E-state index in [0.717, 1.165) is 43.9 Å². The van der Waals surface area contributed by atoms with Gasteiger partial charge in [0, 0.05) is 35.8 Å². The Labute approximate surface area is 163 Å². The Balaban J connectivity index is 2.40. The Bertz CT molecular complexity index is 803. The first-order valence-corrected chi connectivity index (χ1v) is 11.5. The van der Waals surface area contributed by atoms with Crippen LogP contribution in [-0.4, -0.2) is 42.0 Å². The highest BCUT2D eigenvalue weighted by molar-refractivity contribution is 7.89. The maximum absolute atomic E-state index is 13.6.